The van der Waals surface area contributed by atoms with Gasteiger partial charge in [-0.2, -0.15) is 0 Å². The highest BCUT2D eigenvalue weighted by Crippen LogP contribution is 2.47. The van der Waals surface area contributed by atoms with E-state index in [4.69, 9.17) is 13.8 Å². The molecule has 0 radical (unpaired) electrons. The Balaban J connectivity index is 4.17. The molecule has 0 fully saturated rings. The summed E-state index contributed by atoms with van der Waals surface area (Å²) in [6.45, 7) is 5.57. The van der Waals surface area contributed by atoms with Crippen molar-refractivity contribution < 1.29 is 23.1 Å². The Hall–Kier alpha value is -0.640. The van der Waals surface area contributed by atoms with E-state index in [2.05, 4.69) is 0 Å². The van der Waals surface area contributed by atoms with Crippen molar-refractivity contribution in [1.29, 1.82) is 0 Å². The zero-order valence-electron chi connectivity index (χ0n) is 9.26. The molecule has 0 aliphatic rings. The van der Waals surface area contributed by atoms with Gasteiger partial charge in [0.05, 0.1) is 13.2 Å². The van der Waals surface area contributed by atoms with Gasteiger partial charge in [0.25, 0.3) is 0 Å². The topological polar surface area (TPSA) is 61.8 Å². The fourth-order valence-electron chi connectivity index (χ4n) is 0.832. The molecular weight excluding hydrogens is 219 g/mol. The zero-order chi connectivity index (χ0) is 11.7. The Bertz CT molecular complexity index is 251. The van der Waals surface area contributed by atoms with Gasteiger partial charge in [-0.1, -0.05) is 6.08 Å². The van der Waals surface area contributed by atoms with E-state index in [1.54, 1.807) is 20.8 Å². The first-order valence-corrected chi connectivity index (χ1v) is 6.48. The van der Waals surface area contributed by atoms with E-state index in [1.807, 2.05) is 0 Å². The molecule has 0 atom stereocenters. The normalized spacial score (nSPS) is 11.9. The molecule has 0 aromatic carbocycles. The van der Waals surface area contributed by atoms with Crippen LogP contribution < -0.4 is 0 Å². The van der Waals surface area contributed by atoms with E-state index >= 15 is 0 Å². The summed E-state index contributed by atoms with van der Waals surface area (Å²) in [7, 11) is -3.27. The molecule has 0 spiro atoms. The van der Waals surface area contributed by atoms with Crippen LogP contribution in [0.1, 0.15) is 20.8 Å². The second-order valence-electron chi connectivity index (χ2n) is 2.54. The Kier molecular flexibility index (Phi) is 7.30. The number of esters is 1. The minimum Gasteiger partial charge on any atom is -0.450 e. The summed E-state index contributed by atoms with van der Waals surface area (Å²) in [5, 5.41) is 0. The van der Waals surface area contributed by atoms with Gasteiger partial charge in [0.1, 0.15) is 0 Å². The molecule has 6 heteroatoms. The van der Waals surface area contributed by atoms with Gasteiger partial charge in [-0.3, -0.25) is 4.57 Å². The first kappa shape index (κ1) is 14.4. The number of carbonyl (C=O) groups is 1. The second kappa shape index (κ2) is 7.63. The Morgan fingerprint density at radius 3 is 2.20 bits per heavy atom. The molecule has 0 aromatic rings. The predicted octanol–water partition coefficient (Wildman–Crippen LogP) is 2.33. The average Bonchev–Trinajstić information content (AvgIpc) is 2.16. The van der Waals surface area contributed by atoms with Crippen LogP contribution in [0.3, 0.4) is 0 Å². The summed E-state index contributed by atoms with van der Waals surface area (Å²) < 4.78 is 26.4. The van der Waals surface area contributed by atoms with Gasteiger partial charge in [-0.15, -0.1) is 0 Å². The molecule has 0 amide bonds. The Morgan fingerprint density at radius 2 is 1.80 bits per heavy atom. The van der Waals surface area contributed by atoms with Crippen molar-refractivity contribution in [3.63, 3.8) is 0 Å². The molecule has 0 aliphatic carbocycles. The molecule has 0 aliphatic heterocycles. The molecule has 15 heavy (non-hydrogen) atoms. The molecule has 0 rings (SSSR count). The quantitative estimate of drug-likeness (QED) is 0.385. The van der Waals surface area contributed by atoms with Crippen molar-refractivity contribution in [2.24, 2.45) is 0 Å². The molecule has 5 nitrogen and oxygen atoms in total. The highest BCUT2D eigenvalue weighted by atomic mass is 31.2. The largest absolute Gasteiger partial charge is 0.450 e. The summed E-state index contributed by atoms with van der Waals surface area (Å²) in [6, 6.07) is 0. The van der Waals surface area contributed by atoms with Gasteiger partial charge in [0.2, 0.25) is 0 Å². The molecular formula is C9H17O5P. The first-order valence-electron chi connectivity index (χ1n) is 4.75. The van der Waals surface area contributed by atoms with Crippen molar-refractivity contribution in [3.8, 4) is 0 Å². The average molecular weight is 236 g/mol. The van der Waals surface area contributed by atoms with Crippen LogP contribution in [0.15, 0.2) is 12.2 Å². The second-order valence-corrected chi connectivity index (χ2v) is 4.54. The summed E-state index contributed by atoms with van der Waals surface area (Å²) in [4.78, 5) is 11.0. The molecule has 0 bridgehead atoms. The smallest absolute Gasteiger partial charge is 0.367 e. The van der Waals surface area contributed by atoms with Crippen LogP contribution in [0.5, 0.6) is 0 Å². The maximum atomic E-state index is 11.8. The molecule has 88 valence electrons. The number of ether oxygens (including phenoxy) is 1. The minimum atomic E-state index is -3.27. The van der Waals surface area contributed by atoms with Gasteiger partial charge in [-0.05, 0) is 20.8 Å². The molecule has 0 aromatic heterocycles. The highest BCUT2D eigenvalue weighted by Gasteiger charge is 2.25. The van der Waals surface area contributed by atoms with E-state index in [1.165, 1.54) is 12.2 Å². The van der Waals surface area contributed by atoms with Crippen molar-refractivity contribution in [1.82, 2.24) is 0 Å². The van der Waals surface area contributed by atoms with Crippen LogP contribution in [-0.2, 0) is 23.1 Å². The van der Waals surface area contributed by atoms with Crippen LogP contribution in [0.25, 0.3) is 0 Å². The van der Waals surface area contributed by atoms with E-state index in [0.29, 0.717) is 0 Å². The SMILES string of the molecule is CC=CC(=O)OCP(=O)(OCC)OCC. The van der Waals surface area contributed by atoms with Crippen LogP contribution >= 0.6 is 7.60 Å². The van der Waals surface area contributed by atoms with Crippen LogP contribution in [0.4, 0.5) is 0 Å². The van der Waals surface area contributed by atoms with Gasteiger partial charge in [-0.25, -0.2) is 4.79 Å². The van der Waals surface area contributed by atoms with Crippen molar-refractivity contribution in [3.05, 3.63) is 12.2 Å². The van der Waals surface area contributed by atoms with Crippen molar-refractivity contribution in [2.45, 2.75) is 20.8 Å². The third kappa shape index (κ3) is 6.44. The monoisotopic (exact) mass is 236 g/mol. The van der Waals surface area contributed by atoms with E-state index in [0.717, 1.165) is 0 Å². The molecule has 0 saturated heterocycles. The van der Waals surface area contributed by atoms with Gasteiger partial charge < -0.3 is 13.8 Å². The summed E-state index contributed by atoms with van der Waals surface area (Å²) >= 11 is 0. The molecule has 0 saturated carbocycles. The number of hydrogen-bond donors (Lipinski definition) is 0. The van der Waals surface area contributed by atoms with Gasteiger partial charge in [0, 0.05) is 6.08 Å². The van der Waals surface area contributed by atoms with Crippen molar-refractivity contribution >= 4 is 13.6 Å². The number of carbonyl (C=O) groups excluding carboxylic acids is 1. The lowest BCUT2D eigenvalue weighted by Gasteiger charge is -2.15. The third-order valence-corrected chi connectivity index (χ3v) is 3.07. The lowest BCUT2D eigenvalue weighted by atomic mass is 10.5. The summed E-state index contributed by atoms with van der Waals surface area (Å²) in [5.41, 5.74) is 0. The molecule has 0 heterocycles. The highest BCUT2D eigenvalue weighted by molar-refractivity contribution is 7.53. The predicted molar refractivity (Wildman–Crippen MR) is 56.6 cm³/mol. The minimum absolute atomic E-state index is 0.248. The molecule has 0 N–H and O–H groups in total. The van der Waals surface area contributed by atoms with Gasteiger partial charge in [0.15, 0.2) is 6.35 Å². The lowest BCUT2D eigenvalue weighted by molar-refractivity contribution is -0.136. The van der Waals surface area contributed by atoms with E-state index in [-0.39, 0.29) is 19.6 Å². The fourth-order valence-corrected chi connectivity index (χ4v) is 2.13. The zero-order valence-corrected chi connectivity index (χ0v) is 10.2. The number of hydrogen-bond acceptors (Lipinski definition) is 5. The van der Waals surface area contributed by atoms with Crippen LogP contribution in [-0.4, -0.2) is 25.5 Å². The van der Waals surface area contributed by atoms with Crippen LogP contribution in [0.2, 0.25) is 0 Å². The van der Waals surface area contributed by atoms with Gasteiger partial charge >= 0.3 is 13.6 Å². The standard InChI is InChI=1S/C9H17O5P/c1-4-7-9(10)12-8-15(11,13-5-2)14-6-3/h4,7H,5-6,8H2,1-3H3. The third-order valence-electron chi connectivity index (χ3n) is 1.32. The first-order chi connectivity index (χ1) is 7.08. The maximum absolute atomic E-state index is 11.8. The maximum Gasteiger partial charge on any atom is 0.367 e. The number of rotatable bonds is 7. The lowest BCUT2D eigenvalue weighted by Crippen LogP contribution is -2.07. The Labute approximate surface area is 89.9 Å². The van der Waals surface area contributed by atoms with Crippen molar-refractivity contribution in [2.75, 3.05) is 19.6 Å². The van der Waals surface area contributed by atoms with Crippen LogP contribution in [0, 0.1) is 0 Å². The summed E-state index contributed by atoms with van der Waals surface area (Å²) in [5.74, 6) is -0.558. The summed E-state index contributed by atoms with van der Waals surface area (Å²) in [6.07, 6.45) is 2.43. The Morgan fingerprint density at radius 1 is 1.27 bits per heavy atom. The van der Waals surface area contributed by atoms with E-state index in [9.17, 15) is 9.36 Å². The fraction of sp³-hybridized carbons (Fsp3) is 0.667. The molecule has 0 unspecified atom stereocenters. The number of allylic oxidation sites excluding steroid dienone is 1. The van der Waals surface area contributed by atoms with E-state index < -0.39 is 13.6 Å².